The van der Waals surface area contributed by atoms with Gasteiger partial charge in [-0.2, -0.15) is 0 Å². The van der Waals surface area contributed by atoms with Gasteiger partial charge in [-0.15, -0.1) is 17.5 Å². The van der Waals surface area contributed by atoms with Crippen molar-refractivity contribution in [1.82, 2.24) is 9.97 Å². The van der Waals surface area contributed by atoms with E-state index in [1.54, 1.807) is 38.1 Å². The predicted octanol–water partition coefficient (Wildman–Crippen LogP) is 5.78. The summed E-state index contributed by atoms with van der Waals surface area (Å²) in [5.74, 6) is 3.10. The highest BCUT2D eigenvalue weighted by atomic mass is 79.9. The average molecular weight is 704 g/mol. The van der Waals surface area contributed by atoms with Gasteiger partial charge in [0.15, 0.2) is 0 Å². The Labute approximate surface area is 257 Å². The molecular weight excluding hydrogens is 658 g/mol. The molecule has 2 heterocycles. The molecule has 8 nitrogen and oxygen atoms in total. The zero-order chi connectivity index (χ0) is 32.1. The summed E-state index contributed by atoms with van der Waals surface area (Å²) in [6.07, 6.45) is 5.12. The standard InChI is InChI=1S/C14H22NO3PSi.C9H13BrNO3P.C5H10Si/c1-6-18-19(2,17)14-10-12(7-8-20(3,4)5)9-13(11-16)15-14;1-3-14-15(2,13)9-5-7(10)4-8(6-12)11-9;1-5-6(2,3)4/h9-10,16H,6,11H2,1-5H3;4-5,12H,3,6H2,1-2H3;1H,2-4H3. The van der Waals surface area contributed by atoms with Crippen LogP contribution in [0.4, 0.5) is 0 Å². The average Bonchev–Trinajstić information content (AvgIpc) is 2.86. The van der Waals surface area contributed by atoms with Crippen LogP contribution in [0, 0.1) is 23.4 Å². The molecule has 2 unspecified atom stereocenters. The first-order chi connectivity index (χ1) is 18.7. The van der Waals surface area contributed by atoms with Crippen LogP contribution in [0.1, 0.15) is 30.8 Å². The largest absolute Gasteiger partial charge is 0.390 e. The summed E-state index contributed by atoms with van der Waals surface area (Å²) < 4.78 is 35.7. The molecule has 0 aromatic carbocycles. The molecule has 0 aliphatic heterocycles. The van der Waals surface area contributed by atoms with Crippen LogP contribution in [0.2, 0.25) is 39.3 Å². The Hall–Kier alpha value is -1.37. The molecule has 0 bridgehead atoms. The van der Waals surface area contributed by atoms with Gasteiger partial charge in [-0.05, 0) is 38.1 Å². The van der Waals surface area contributed by atoms with Crippen LogP contribution in [0.25, 0.3) is 0 Å². The Balaban J connectivity index is 0.000000669. The van der Waals surface area contributed by atoms with Gasteiger partial charge in [-0.3, -0.25) is 9.13 Å². The Morgan fingerprint density at radius 2 is 1.24 bits per heavy atom. The predicted molar refractivity (Wildman–Crippen MR) is 180 cm³/mol. The highest BCUT2D eigenvalue weighted by molar-refractivity contribution is 9.10. The first kappa shape index (κ1) is 39.6. The molecule has 0 aliphatic rings. The Morgan fingerprint density at radius 3 is 1.61 bits per heavy atom. The van der Waals surface area contributed by atoms with E-state index in [4.69, 9.17) is 20.6 Å². The monoisotopic (exact) mass is 702 g/mol. The van der Waals surface area contributed by atoms with Crippen molar-refractivity contribution in [2.24, 2.45) is 0 Å². The Kier molecular flexibility index (Phi) is 17.1. The van der Waals surface area contributed by atoms with Gasteiger partial charge >= 0.3 is 0 Å². The lowest BCUT2D eigenvalue weighted by Gasteiger charge is -2.13. The van der Waals surface area contributed by atoms with Gasteiger partial charge in [0.2, 0.25) is 14.7 Å². The molecule has 0 fully saturated rings. The van der Waals surface area contributed by atoms with Crippen molar-refractivity contribution in [2.75, 3.05) is 26.5 Å². The second-order valence-electron chi connectivity index (χ2n) is 11.1. The van der Waals surface area contributed by atoms with Crippen molar-refractivity contribution in [3.8, 4) is 23.4 Å². The summed E-state index contributed by atoms with van der Waals surface area (Å²) in [4.78, 5) is 8.27. The normalized spacial score (nSPS) is 14.0. The number of hydrogen-bond donors (Lipinski definition) is 2. The smallest absolute Gasteiger partial charge is 0.247 e. The van der Waals surface area contributed by atoms with E-state index in [9.17, 15) is 14.2 Å². The maximum Gasteiger partial charge on any atom is 0.247 e. The molecule has 0 saturated heterocycles. The van der Waals surface area contributed by atoms with Gasteiger partial charge in [0, 0.05) is 23.4 Å². The third-order valence-electron chi connectivity index (χ3n) is 4.62. The van der Waals surface area contributed by atoms with Crippen molar-refractivity contribution in [2.45, 2.75) is 66.3 Å². The number of pyridine rings is 2. The van der Waals surface area contributed by atoms with Gasteiger partial charge in [-0.1, -0.05) is 61.1 Å². The molecule has 0 aliphatic carbocycles. The van der Waals surface area contributed by atoms with Crippen LogP contribution >= 0.6 is 30.7 Å². The van der Waals surface area contributed by atoms with Gasteiger partial charge < -0.3 is 19.3 Å². The van der Waals surface area contributed by atoms with Crippen molar-refractivity contribution in [3.05, 3.63) is 45.7 Å². The van der Waals surface area contributed by atoms with Gasteiger partial charge in [0.05, 0.1) is 37.8 Å². The minimum Gasteiger partial charge on any atom is -0.390 e. The summed E-state index contributed by atoms with van der Waals surface area (Å²) in [6, 6.07) is 6.75. The molecule has 2 rings (SSSR count). The van der Waals surface area contributed by atoms with E-state index in [0.29, 0.717) is 35.5 Å². The van der Waals surface area contributed by atoms with E-state index in [1.807, 2.05) is 0 Å². The summed E-state index contributed by atoms with van der Waals surface area (Å²) in [5.41, 5.74) is 8.40. The highest BCUT2D eigenvalue weighted by Crippen LogP contribution is 2.41. The van der Waals surface area contributed by atoms with Gasteiger partial charge in [0.1, 0.15) is 27.0 Å². The number of hydrogen-bond acceptors (Lipinski definition) is 8. The highest BCUT2D eigenvalue weighted by Gasteiger charge is 2.22. The van der Waals surface area contributed by atoms with Crippen LogP contribution in [-0.2, 0) is 31.4 Å². The molecule has 0 spiro atoms. The fraction of sp³-hybridized carbons (Fsp3) is 0.500. The minimum atomic E-state index is -2.95. The van der Waals surface area contributed by atoms with E-state index in [2.05, 4.69) is 82.2 Å². The lowest BCUT2D eigenvalue weighted by molar-refractivity contribution is 0.276. The number of aliphatic hydroxyl groups excluding tert-OH is 2. The van der Waals surface area contributed by atoms with Crippen molar-refractivity contribution in [3.63, 3.8) is 0 Å². The van der Waals surface area contributed by atoms with Gasteiger partial charge in [0.25, 0.3) is 0 Å². The number of nitrogens with zero attached hydrogens (tertiary/aromatic N) is 2. The molecule has 228 valence electrons. The molecule has 2 N–H and O–H groups in total. The van der Waals surface area contributed by atoms with E-state index < -0.39 is 30.9 Å². The fourth-order valence-electron chi connectivity index (χ4n) is 2.64. The second kappa shape index (κ2) is 17.7. The van der Waals surface area contributed by atoms with Crippen molar-refractivity contribution < 1.29 is 28.4 Å². The first-order valence-electron chi connectivity index (χ1n) is 13.1. The van der Waals surface area contributed by atoms with E-state index >= 15 is 0 Å². The minimum absolute atomic E-state index is 0.182. The molecule has 41 heavy (non-hydrogen) atoms. The van der Waals surface area contributed by atoms with Gasteiger partial charge in [-0.25, -0.2) is 9.97 Å². The molecule has 2 aromatic rings. The number of terminal acetylenes is 1. The van der Waals surface area contributed by atoms with E-state index in [-0.39, 0.29) is 13.2 Å². The summed E-state index contributed by atoms with van der Waals surface area (Å²) in [7, 11) is -8.41. The number of halogens is 1. The number of aromatic nitrogens is 2. The number of aliphatic hydroxyl groups is 2. The van der Waals surface area contributed by atoms with Crippen LogP contribution in [0.5, 0.6) is 0 Å². The Morgan fingerprint density at radius 1 is 0.829 bits per heavy atom. The quantitative estimate of drug-likeness (QED) is 0.202. The molecule has 2 atom stereocenters. The molecule has 13 heteroatoms. The van der Waals surface area contributed by atoms with Crippen LogP contribution in [0.15, 0.2) is 28.7 Å². The maximum atomic E-state index is 12.4. The third-order valence-corrected chi connectivity index (χ3v) is 10.4. The lowest BCUT2D eigenvalue weighted by Crippen LogP contribution is -2.17. The first-order valence-corrected chi connectivity index (χ1v) is 25.0. The third kappa shape index (κ3) is 16.8. The zero-order valence-corrected chi connectivity index (χ0v) is 31.3. The molecule has 0 saturated carbocycles. The Bertz CT molecular complexity index is 1340. The van der Waals surface area contributed by atoms with E-state index in [1.165, 1.54) is 13.3 Å². The van der Waals surface area contributed by atoms with Crippen molar-refractivity contribution >= 4 is 57.7 Å². The summed E-state index contributed by atoms with van der Waals surface area (Å²) in [6.45, 7) is 19.9. The summed E-state index contributed by atoms with van der Waals surface area (Å²) >= 11 is 3.27. The molecule has 0 radical (unpaired) electrons. The zero-order valence-electron chi connectivity index (χ0n) is 25.9. The fourth-order valence-corrected chi connectivity index (χ4v) is 6.44. The molecular formula is C28H45BrN2O6P2Si2. The SMILES string of the molecule is C#C[Si](C)(C)C.CCOP(C)(=O)c1cc(Br)cc(CO)n1.CCOP(C)(=O)c1cc(C#C[Si](C)(C)C)cc(CO)n1. The number of rotatable bonds is 8. The second-order valence-corrected chi connectivity index (χ2v) is 26.3. The van der Waals surface area contributed by atoms with Crippen LogP contribution in [-0.4, -0.2) is 62.9 Å². The summed E-state index contributed by atoms with van der Waals surface area (Å²) in [5, 5.41) is 18.2. The maximum absolute atomic E-state index is 12.4. The topological polar surface area (TPSA) is 119 Å². The van der Waals surface area contributed by atoms with Crippen molar-refractivity contribution in [1.29, 1.82) is 0 Å². The van der Waals surface area contributed by atoms with Crippen LogP contribution < -0.4 is 10.9 Å². The van der Waals surface area contributed by atoms with Crippen LogP contribution in [0.3, 0.4) is 0 Å². The molecule has 0 amide bonds. The van der Waals surface area contributed by atoms with E-state index in [0.717, 1.165) is 10.0 Å². The molecule has 2 aromatic heterocycles. The lowest BCUT2D eigenvalue weighted by atomic mass is 10.2.